The fourth-order valence-electron chi connectivity index (χ4n) is 1.77. The molecule has 86 valence electrons. The molecule has 2 radical (unpaired) electrons. The van der Waals surface area contributed by atoms with E-state index in [-0.39, 0.29) is 0 Å². The maximum absolute atomic E-state index is 5.36. The van der Waals surface area contributed by atoms with Crippen molar-refractivity contribution in [2.75, 3.05) is 14.2 Å². The van der Waals surface area contributed by atoms with Crippen molar-refractivity contribution < 1.29 is 9.47 Å². The molecule has 0 unspecified atom stereocenters. The van der Waals surface area contributed by atoms with E-state index >= 15 is 0 Å². The van der Waals surface area contributed by atoms with Crippen LogP contribution in [-0.4, -0.2) is 14.2 Å². The van der Waals surface area contributed by atoms with Crippen LogP contribution >= 0.6 is 0 Å². The van der Waals surface area contributed by atoms with Gasteiger partial charge in [-0.15, -0.1) is 0 Å². The molecule has 0 atom stereocenters. The zero-order chi connectivity index (χ0) is 12.3. The normalized spacial score (nSPS) is 10.1. The third kappa shape index (κ3) is 2.26. The topological polar surface area (TPSA) is 18.5 Å². The highest BCUT2D eigenvalue weighted by Crippen LogP contribution is 2.34. The summed E-state index contributed by atoms with van der Waals surface area (Å²) >= 11 is 0. The van der Waals surface area contributed by atoms with Gasteiger partial charge in [-0.25, -0.2) is 0 Å². The summed E-state index contributed by atoms with van der Waals surface area (Å²) in [6, 6.07) is 15.7. The van der Waals surface area contributed by atoms with Gasteiger partial charge in [0.25, 0.3) is 0 Å². The molecular formula is C15H14O2. The summed E-state index contributed by atoms with van der Waals surface area (Å²) in [5.74, 6) is 1.49. The molecule has 0 bridgehead atoms. The molecule has 0 fully saturated rings. The van der Waals surface area contributed by atoms with Gasteiger partial charge in [-0.2, -0.15) is 0 Å². The molecule has 2 rings (SSSR count). The summed E-state index contributed by atoms with van der Waals surface area (Å²) in [5, 5.41) is 0. The Kier molecular flexibility index (Phi) is 3.33. The van der Waals surface area contributed by atoms with Crippen LogP contribution in [-0.2, 0) is 0 Å². The van der Waals surface area contributed by atoms with Gasteiger partial charge in [0.15, 0.2) is 0 Å². The van der Waals surface area contributed by atoms with Crippen molar-refractivity contribution in [3.05, 3.63) is 48.0 Å². The number of hydrogen-bond donors (Lipinski definition) is 0. The predicted octanol–water partition coefficient (Wildman–Crippen LogP) is 3.28. The number of hydrogen-bond acceptors (Lipinski definition) is 2. The van der Waals surface area contributed by atoms with E-state index in [2.05, 4.69) is 19.1 Å². The fourth-order valence-corrected chi connectivity index (χ4v) is 1.77. The van der Waals surface area contributed by atoms with Gasteiger partial charge in [0.1, 0.15) is 11.5 Å². The zero-order valence-electron chi connectivity index (χ0n) is 10.2. The van der Waals surface area contributed by atoms with Crippen molar-refractivity contribution in [2.24, 2.45) is 0 Å². The first-order valence-electron chi connectivity index (χ1n) is 5.37. The first kappa shape index (κ1) is 11.5. The first-order valence-corrected chi connectivity index (χ1v) is 5.37. The second-order valence-electron chi connectivity index (χ2n) is 3.72. The molecule has 0 saturated heterocycles. The zero-order valence-corrected chi connectivity index (χ0v) is 10.2. The molecule has 0 aliphatic heterocycles. The van der Waals surface area contributed by atoms with Crippen LogP contribution in [0.15, 0.2) is 30.3 Å². The van der Waals surface area contributed by atoms with Gasteiger partial charge < -0.3 is 9.47 Å². The van der Waals surface area contributed by atoms with Crippen LogP contribution in [0.5, 0.6) is 11.5 Å². The van der Waals surface area contributed by atoms with Crippen molar-refractivity contribution in [3.63, 3.8) is 0 Å². The maximum atomic E-state index is 5.36. The van der Waals surface area contributed by atoms with Crippen LogP contribution in [0.25, 0.3) is 11.1 Å². The van der Waals surface area contributed by atoms with Crippen LogP contribution in [0.4, 0.5) is 0 Å². The molecule has 2 heteroatoms. The molecule has 2 aromatic carbocycles. The predicted molar refractivity (Wildman–Crippen MR) is 67.4 cm³/mol. The average molecular weight is 226 g/mol. The fraction of sp³-hybridized carbons (Fsp3) is 0.200. The molecule has 0 heterocycles. The van der Waals surface area contributed by atoms with Gasteiger partial charge in [-0.3, -0.25) is 0 Å². The van der Waals surface area contributed by atoms with Gasteiger partial charge in [0, 0.05) is 11.6 Å². The molecule has 0 spiro atoms. The van der Waals surface area contributed by atoms with E-state index < -0.39 is 0 Å². The van der Waals surface area contributed by atoms with E-state index in [1.807, 2.05) is 24.3 Å². The van der Waals surface area contributed by atoms with Crippen molar-refractivity contribution in [2.45, 2.75) is 6.92 Å². The maximum Gasteiger partial charge on any atom is 0.127 e. The molecule has 2 aromatic rings. The summed E-state index contributed by atoms with van der Waals surface area (Å²) in [5.41, 5.74) is 3.28. The highest BCUT2D eigenvalue weighted by Gasteiger charge is 2.09. The van der Waals surface area contributed by atoms with E-state index in [1.165, 1.54) is 0 Å². The van der Waals surface area contributed by atoms with E-state index in [0.29, 0.717) is 5.75 Å². The van der Waals surface area contributed by atoms with E-state index in [9.17, 15) is 0 Å². The quantitative estimate of drug-likeness (QED) is 0.799. The Bertz CT molecular complexity index is 518. The van der Waals surface area contributed by atoms with Gasteiger partial charge >= 0.3 is 0 Å². The highest BCUT2D eigenvalue weighted by molar-refractivity contribution is 5.74. The van der Waals surface area contributed by atoms with E-state index in [0.717, 1.165) is 22.4 Å². The lowest BCUT2D eigenvalue weighted by Crippen LogP contribution is -1.92. The largest absolute Gasteiger partial charge is 0.496 e. The summed E-state index contributed by atoms with van der Waals surface area (Å²) < 4.78 is 10.6. The molecule has 0 aromatic heterocycles. The summed E-state index contributed by atoms with van der Waals surface area (Å²) in [6.07, 6.45) is 0. The van der Waals surface area contributed by atoms with E-state index in [4.69, 9.17) is 9.47 Å². The van der Waals surface area contributed by atoms with Crippen LogP contribution in [0.2, 0.25) is 0 Å². The minimum Gasteiger partial charge on any atom is -0.496 e. The third-order valence-electron chi connectivity index (χ3n) is 2.69. The van der Waals surface area contributed by atoms with Crippen LogP contribution in [0, 0.1) is 19.1 Å². The van der Waals surface area contributed by atoms with Crippen molar-refractivity contribution >= 4 is 0 Å². The van der Waals surface area contributed by atoms with Crippen molar-refractivity contribution in [3.8, 4) is 22.6 Å². The molecule has 0 aliphatic rings. The molecule has 0 saturated carbocycles. The molecule has 17 heavy (non-hydrogen) atoms. The molecule has 0 aliphatic carbocycles. The number of methoxy groups -OCH3 is 2. The minimum absolute atomic E-state index is 0.702. The minimum atomic E-state index is 0.702. The van der Waals surface area contributed by atoms with Crippen molar-refractivity contribution in [1.82, 2.24) is 0 Å². The lowest BCUT2D eigenvalue weighted by molar-refractivity contribution is 0.403. The summed E-state index contributed by atoms with van der Waals surface area (Å²) in [7, 11) is 3.29. The molecule has 2 nitrogen and oxygen atoms in total. The Morgan fingerprint density at radius 3 is 2.53 bits per heavy atom. The Morgan fingerprint density at radius 2 is 1.88 bits per heavy atom. The molecule has 0 amide bonds. The van der Waals surface area contributed by atoms with Gasteiger partial charge in [-0.1, -0.05) is 18.2 Å². The highest BCUT2D eigenvalue weighted by atomic mass is 16.5. The number of rotatable bonds is 3. The SMILES string of the molecule is COc1[c]cc(OC)c(-c2cc[c]cc2C)c1. The molecule has 0 N–H and O–H groups in total. The van der Waals surface area contributed by atoms with Crippen LogP contribution in [0.3, 0.4) is 0 Å². The monoisotopic (exact) mass is 226 g/mol. The Balaban J connectivity index is 2.60. The Labute approximate surface area is 102 Å². The standard InChI is InChI=1S/C15H14O2/c1-11-6-4-5-7-13(11)14-10-12(16-2)8-9-15(14)17-3/h5-7,9-10H,1-3H3. The second kappa shape index (κ2) is 4.91. The molecular weight excluding hydrogens is 212 g/mol. The third-order valence-corrected chi connectivity index (χ3v) is 2.69. The first-order chi connectivity index (χ1) is 8.26. The Morgan fingerprint density at radius 1 is 1.06 bits per heavy atom. The van der Waals surface area contributed by atoms with Gasteiger partial charge in [0.05, 0.1) is 14.2 Å². The summed E-state index contributed by atoms with van der Waals surface area (Å²) in [4.78, 5) is 0. The van der Waals surface area contributed by atoms with Crippen LogP contribution < -0.4 is 9.47 Å². The van der Waals surface area contributed by atoms with Gasteiger partial charge in [-0.05, 0) is 36.2 Å². The average Bonchev–Trinajstić information content (AvgIpc) is 2.38. The smallest absolute Gasteiger partial charge is 0.127 e. The number of aryl methyl sites for hydroxylation is 1. The van der Waals surface area contributed by atoms with Crippen LogP contribution in [0.1, 0.15) is 5.56 Å². The van der Waals surface area contributed by atoms with E-state index in [1.54, 1.807) is 20.3 Å². The lowest BCUT2D eigenvalue weighted by Gasteiger charge is -2.12. The summed E-state index contributed by atoms with van der Waals surface area (Å²) in [6.45, 7) is 2.05. The van der Waals surface area contributed by atoms with Crippen molar-refractivity contribution in [1.29, 1.82) is 0 Å². The number of benzene rings is 2. The number of ether oxygens (including phenoxy) is 2. The van der Waals surface area contributed by atoms with Gasteiger partial charge in [0.2, 0.25) is 0 Å². The Hall–Kier alpha value is -1.96. The lowest BCUT2D eigenvalue weighted by atomic mass is 9.99. The second-order valence-corrected chi connectivity index (χ2v) is 3.72.